The maximum atomic E-state index is 15.0. The summed E-state index contributed by atoms with van der Waals surface area (Å²) in [4.78, 5) is 24.4. The average molecular weight is 945 g/mol. The van der Waals surface area contributed by atoms with E-state index in [1.165, 1.54) is 4.90 Å². The number of amides is 1. The monoisotopic (exact) mass is 944 g/mol. The fourth-order valence-electron chi connectivity index (χ4n) is 10.7. The van der Waals surface area contributed by atoms with Crippen molar-refractivity contribution in [2.45, 2.75) is 106 Å². The van der Waals surface area contributed by atoms with Crippen molar-refractivity contribution < 1.29 is 43.5 Å². The van der Waals surface area contributed by atoms with Crippen LogP contribution in [0, 0.1) is 17.8 Å². The topological polar surface area (TPSA) is 129 Å². The molecule has 0 radical (unpaired) electrons. The van der Waals surface area contributed by atoms with Crippen molar-refractivity contribution >= 4 is 34.3 Å². The van der Waals surface area contributed by atoms with E-state index in [1.54, 1.807) is 28.8 Å². The van der Waals surface area contributed by atoms with Crippen molar-refractivity contribution in [2.75, 3.05) is 45.4 Å². The van der Waals surface area contributed by atoms with Crippen molar-refractivity contribution in [2.24, 2.45) is 22.9 Å². The second-order valence-corrected chi connectivity index (χ2v) is 19.3. The highest BCUT2D eigenvalue weighted by Crippen LogP contribution is 2.62. The summed E-state index contributed by atoms with van der Waals surface area (Å²) in [5.74, 6) is 0.148. The van der Waals surface area contributed by atoms with Gasteiger partial charge in [0.1, 0.15) is 17.5 Å². The molecule has 4 aromatic carbocycles. The van der Waals surface area contributed by atoms with Crippen molar-refractivity contribution in [1.29, 1.82) is 0 Å². The summed E-state index contributed by atoms with van der Waals surface area (Å²) < 4.78 is 33.5. The van der Waals surface area contributed by atoms with Gasteiger partial charge in [0.15, 0.2) is 0 Å². The van der Waals surface area contributed by atoms with Crippen LogP contribution in [-0.4, -0.2) is 90.4 Å². The van der Waals surface area contributed by atoms with E-state index in [4.69, 9.17) is 33.7 Å². The zero-order valence-electron chi connectivity index (χ0n) is 39.3. The van der Waals surface area contributed by atoms with Crippen LogP contribution in [0.1, 0.15) is 87.7 Å². The standard InChI is InChI=1S/C56H68N2O9S/c1-3-5-32-64-55(61)58(39-42-21-17-20-40-18-9-10-24-45(40)42)51-38-49(57-67-52-26-13-16-33-63-52)47-36-41(19-11-14-29-59)46(25-12-15-30-60)53-48-37-43(62-34-35-68-44-22-7-6-8-23-44)27-28-50(48)66-56(51,54(47)53)65-31-4-2/h3-4,6-10,17-18,20-24,27-28,36-37,41,46,51-54,59-60H,1-2,5,11-16,19,25-26,29-35,38-39H2. The molecule has 2 N–H and O–H groups in total. The molecule has 2 aliphatic carbocycles. The Balaban J connectivity index is 1.30. The molecule has 7 atom stereocenters. The van der Waals surface area contributed by atoms with Gasteiger partial charge in [-0.2, -0.15) is 0 Å². The molecule has 1 amide bonds. The lowest BCUT2D eigenvalue weighted by molar-refractivity contribution is -0.256. The van der Waals surface area contributed by atoms with Gasteiger partial charge < -0.3 is 38.7 Å². The molecule has 2 aliphatic heterocycles. The van der Waals surface area contributed by atoms with E-state index in [-0.39, 0.29) is 57.1 Å². The summed E-state index contributed by atoms with van der Waals surface area (Å²) in [7, 11) is 0. The quantitative estimate of drug-likeness (QED) is 0.0303. The number of aliphatic hydroxyl groups is 2. The van der Waals surface area contributed by atoms with Crippen LogP contribution in [0.4, 0.5) is 4.79 Å². The van der Waals surface area contributed by atoms with Crippen LogP contribution in [0.25, 0.3) is 10.8 Å². The Morgan fingerprint density at radius 3 is 2.51 bits per heavy atom. The number of carbonyl (C=O) groups is 1. The molecule has 7 unspecified atom stereocenters. The first kappa shape index (κ1) is 49.3. The van der Waals surface area contributed by atoms with Gasteiger partial charge in [-0.3, -0.25) is 4.90 Å². The number of aliphatic hydroxyl groups excluding tert-OH is 2. The maximum absolute atomic E-state index is 15.0. The fraction of sp³-hybridized carbons (Fsp3) is 0.464. The average Bonchev–Trinajstić information content (AvgIpc) is 3.37. The number of hydrogen-bond donors (Lipinski definition) is 2. The van der Waals surface area contributed by atoms with Crippen LogP contribution in [0.5, 0.6) is 11.5 Å². The molecule has 2 heterocycles. The summed E-state index contributed by atoms with van der Waals surface area (Å²) in [6, 6.07) is 30.0. The summed E-state index contributed by atoms with van der Waals surface area (Å²) >= 11 is 1.75. The molecule has 2 fully saturated rings. The van der Waals surface area contributed by atoms with Gasteiger partial charge in [0.25, 0.3) is 0 Å². The first-order chi connectivity index (χ1) is 33.5. The van der Waals surface area contributed by atoms with E-state index in [9.17, 15) is 10.2 Å². The van der Waals surface area contributed by atoms with Crippen LogP contribution in [0.2, 0.25) is 0 Å². The zero-order valence-corrected chi connectivity index (χ0v) is 40.1. The van der Waals surface area contributed by atoms with Crippen molar-refractivity contribution in [1.82, 2.24) is 4.90 Å². The first-order valence-electron chi connectivity index (χ1n) is 24.7. The number of thioether (sulfide) groups is 1. The van der Waals surface area contributed by atoms with E-state index in [0.29, 0.717) is 43.9 Å². The Morgan fingerprint density at radius 1 is 0.912 bits per heavy atom. The van der Waals surface area contributed by atoms with Gasteiger partial charge in [-0.05, 0) is 109 Å². The fourth-order valence-corrected chi connectivity index (χ4v) is 11.5. The lowest BCUT2D eigenvalue weighted by Gasteiger charge is -2.60. The van der Waals surface area contributed by atoms with Crippen molar-refractivity contribution in [3.05, 3.63) is 139 Å². The van der Waals surface area contributed by atoms with Crippen LogP contribution in [-0.2, 0) is 25.6 Å². The molecule has 1 saturated carbocycles. The molecule has 11 nitrogen and oxygen atoms in total. The Hall–Kier alpha value is -5.11. The SMILES string of the molecule is C=CCCOC(=O)N(Cc1cccc2ccccc12)C1CC(=NOC2CCCCO2)C2=CC(CCCCO)C(CCCCO)C3c4cc(OCCSc5ccccc5)ccc4OC1(OCC=C)C23. The number of unbranched alkanes of at least 4 members (excludes halogenated alkanes) is 2. The highest BCUT2D eigenvalue weighted by molar-refractivity contribution is 7.99. The van der Waals surface area contributed by atoms with Gasteiger partial charge >= 0.3 is 6.09 Å². The number of allylic oxidation sites excluding steroid dienone is 1. The predicted molar refractivity (Wildman–Crippen MR) is 268 cm³/mol. The number of nitrogens with zero attached hydrogens (tertiary/aromatic N) is 2. The van der Waals surface area contributed by atoms with E-state index < -0.39 is 30.1 Å². The van der Waals surface area contributed by atoms with E-state index in [2.05, 4.69) is 61.7 Å². The van der Waals surface area contributed by atoms with E-state index in [1.807, 2.05) is 48.5 Å². The Labute approximate surface area is 406 Å². The molecule has 1 saturated heterocycles. The Morgan fingerprint density at radius 2 is 1.72 bits per heavy atom. The number of oxime groups is 1. The third kappa shape index (κ3) is 11.5. The molecule has 12 heteroatoms. The number of rotatable bonds is 24. The third-order valence-electron chi connectivity index (χ3n) is 13.8. The Kier molecular flexibility index (Phi) is 17.7. The normalized spacial score (nSPS) is 24.5. The second kappa shape index (κ2) is 24.4. The molecule has 4 aromatic rings. The van der Waals surface area contributed by atoms with Gasteiger partial charge in [-0.15, -0.1) is 24.9 Å². The molecule has 4 aliphatic rings. The number of benzene rings is 4. The molecular weight excluding hydrogens is 877 g/mol. The maximum Gasteiger partial charge on any atom is 0.410 e. The lowest BCUT2D eigenvalue weighted by atomic mass is 9.55. The van der Waals surface area contributed by atoms with E-state index >= 15 is 4.79 Å². The van der Waals surface area contributed by atoms with Crippen molar-refractivity contribution in [3.8, 4) is 11.5 Å². The number of carbonyl (C=O) groups excluding carboxylic acids is 1. The molecule has 8 rings (SSSR count). The van der Waals surface area contributed by atoms with Gasteiger partial charge in [0.05, 0.1) is 44.6 Å². The van der Waals surface area contributed by atoms with Crippen LogP contribution in [0.3, 0.4) is 0 Å². The molecule has 0 bridgehead atoms. The van der Waals surface area contributed by atoms with Gasteiger partial charge in [0, 0.05) is 48.2 Å². The highest BCUT2D eigenvalue weighted by Gasteiger charge is 2.66. The summed E-state index contributed by atoms with van der Waals surface area (Å²) in [6.45, 7) is 9.79. The van der Waals surface area contributed by atoms with Gasteiger partial charge in [-0.1, -0.05) is 96.9 Å². The molecule has 362 valence electrons. The minimum Gasteiger partial charge on any atom is -0.493 e. The van der Waals surface area contributed by atoms with Crippen LogP contribution < -0.4 is 9.47 Å². The minimum atomic E-state index is -1.46. The number of fused-ring (bicyclic) bond motifs is 3. The number of ether oxygens (including phenoxy) is 5. The largest absolute Gasteiger partial charge is 0.493 e. The molecule has 0 spiro atoms. The third-order valence-corrected chi connectivity index (χ3v) is 14.8. The smallest absolute Gasteiger partial charge is 0.410 e. The van der Waals surface area contributed by atoms with E-state index in [0.717, 1.165) is 83.9 Å². The summed E-state index contributed by atoms with van der Waals surface area (Å²) in [5.41, 5.74) is 3.61. The first-order valence-corrected chi connectivity index (χ1v) is 25.6. The number of hydrogen-bond acceptors (Lipinski definition) is 11. The van der Waals surface area contributed by atoms with Crippen molar-refractivity contribution in [3.63, 3.8) is 0 Å². The molecule has 0 aromatic heterocycles. The second-order valence-electron chi connectivity index (χ2n) is 18.1. The summed E-state index contributed by atoms with van der Waals surface area (Å²) in [6.07, 6.45) is 12.9. The summed E-state index contributed by atoms with van der Waals surface area (Å²) in [5, 5.41) is 27.2. The van der Waals surface area contributed by atoms with Gasteiger partial charge in [-0.25, -0.2) is 4.79 Å². The highest BCUT2D eigenvalue weighted by atomic mass is 32.2. The lowest BCUT2D eigenvalue weighted by Crippen LogP contribution is -2.70. The van der Waals surface area contributed by atoms with Gasteiger partial charge in [0.2, 0.25) is 12.1 Å². The minimum absolute atomic E-state index is 0.0564. The zero-order chi connectivity index (χ0) is 47.1. The predicted octanol–water partition coefficient (Wildman–Crippen LogP) is 11.4. The van der Waals surface area contributed by atoms with Crippen LogP contribution >= 0.6 is 11.8 Å². The van der Waals surface area contributed by atoms with Crippen LogP contribution in [0.15, 0.2) is 138 Å². The molecule has 68 heavy (non-hydrogen) atoms. The Bertz CT molecular complexity index is 2350. The molecular formula is C56H68N2O9S.